The Labute approximate surface area is 412 Å². The SMILES string of the molecule is C1=CCC2CCC(c3c4c(c(-c5ccc6c(c5)c5ccccc5n6-c5ccc6c(-c7ccc8ccccc8c7)c7ccccc7c(-c7ccc8ccccc8c7)c6c5)c5ccccc35)=CCCC=4)=CC2=C1. The minimum absolute atomic E-state index is 0.642. The summed E-state index contributed by atoms with van der Waals surface area (Å²) in [4.78, 5) is 0. The molecule has 3 aliphatic carbocycles. The number of rotatable bonds is 5. The first kappa shape index (κ1) is 40.4. The van der Waals surface area contributed by atoms with Gasteiger partial charge in [-0.2, -0.15) is 0 Å². The number of nitrogens with zero attached hydrogens (tertiary/aromatic N) is 1. The fourth-order valence-corrected chi connectivity index (χ4v) is 13.0. The van der Waals surface area contributed by atoms with E-state index < -0.39 is 0 Å². The van der Waals surface area contributed by atoms with Gasteiger partial charge in [0.1, 0.15) is 0 Å². The van der Waals surface area contributed by atoms with E-state index in [1.807, 2.05) is 0 Å². The molecule has 1 aromatic heterocycles. The van der Waals surface area contributed by atoms with Gasteiger partial charge < -0.3 is 4.57 Å². The van der Waals surface area contributed by atoms with Crippen molar-refractivity contribution in [2.24, 2.45) is 5.92 Å². The van der Waals surface area contributed by atoms with Crippen LogP contribution in [0.15, 0.2) is 224 Å². The number of hydrogen-bond donors (Lipinski definition) is 0. The minimum atomic E-state index is 0.642. The Bertz CT molecular complexity index is 4490. The lowest BCUT2D eigenvalue weighted by Gasteiger charge is -2.27. The highest BCUT2D eigenvalue weighted by Gasteiger charge is 2.25. The third-order valence-corrected chi connectivity index (χ3v) is 16.2. The van der Waals surface area contributed by atoms with Gasteiger partial charge in [0.05, 0.1) is 11.0 Å². The lowest BCUT2D eigenvalue weighted by Crippen LogP contribution is -2.33. The Morgan fingerprint density at radius 1 is 0.394 bits per heavy atom. The maximum Gasteiger partial charge on any atom is 0.0541 e. The van der Waals surface area contributed by atoms with Gasteiger partial charge in [-0.3, -0.25) is 0 Å². The monoisotopic (exact) mass is 903 g/mol. The number of para-hydroxylation sites is 1. The lowest BCUT2D eigenvalue weighted by atomic mass is 9.77. The molecule has 1 heteroatoms. The zero-order chi connectivity index (χ0) is 46.6. The maximum atomic E-state index is 2.54. The lowest BCUT2D eigenvalue weighted by molar-refractivity contribution is 0.572. The van der Waals surface area contributed by atoms with Crippen molar-refractivity contribution in [2.75, 3.05) is 0 Å². The Morgan fingerprint density at radius 3 is 1.63 bits per heavy atom. The summed E-state index contributed by atoms with van der Waals surface area (Å²) in [6.07, 6.45) is 20.1. The molecule has 0 amide bonds. The van der Waals surface area contributed by atoms with E-state index in [1.54, 1.807) is 0 Å². The normalized spacial score (nSPS) is 15.5. The Balaban J connectivity index is 0.972. The van der Waals surface area contributed by atoms with Crippen molar-refractivity contribution in [2.45, 2.75) is 32.1 Å². The van der Waals surface area contributed by atoms with Gasteiger partial charge in [0.25, 0.3) is 0 Å². The van der Waals surface area contributed by atoms with Gasteiger partial charge in [-0.1, -0.05) is 188 Å². The Kier molecular flexibility index (Phi) is 9.11. The Hall–Kier alpha value is -8.52. The van der Waals surface area contributed by atoms with Gasteiger partial charge in [0.15, 0.2) is 0 Å². The summed E-state index contributed by atoms with van der Waals surface area (Å²) in [5.41, 5.74) is 15.6. The van der Waals surface area contributed by atoms with E-state index >= 15 is 0 Å². The van der Waals surface area contributed by atoms with Gasteiger partial charge in [0.2, 0.25) is 0 Å². The molecule has 0 saturated carbocycles. The van der Waals surface area contributed by atoms with Crippen LogP contribution in [0, 0.1) is 5.92 Å². The summed E-state index contributed by atoms with van der Waals surface area (Å²) >= 11 is 0. The molecule has 334 valence electrons. The molecule has 0 saturated heterocycles. The van der Waals surface area contributed by atoms with Crippen LogP contribution in [0.25, 0.3) is 132 Å². The molecule has 15 rings (SSSR count). The first-order valence-electron chi connectivity index (χ1n) is 25.6. The van der Waals surface area contributed by atoms with Crippen LogP contribution in [-0.4, -0.2) is 4.57 Å². The average Bonchev–Trinajstić information content (AvgIpc) is 3.76. The Morgan fingerprint density at radius 2 is 0.930 bits per heavy atom. The molecule has 0 N–H and O–H groups in total. The predicted octanol–water partition coefficient (Wildman–Crippen LogP) is 17.6. The number of fused-ring (bicyclic) bond motifs is 10. The summed E-state index contributed by atoms with van der Waals surface area (Å²) in [6.45, 7) is 0. The molecular weight excluding hydrogens is 855 g/mol. The molecule has 0 aliphatic heterocycles. The zero-order valence-electron chi connectivity index (χ0n) is 39.5. The van der Waals surface area contributed by atoms with E-state index in [1.165, 1.54) is 143 Å². The van der Waals surface area contributed by atoms with Gasteiger partial charge >= 0.3 is 0 Å². The standard InChI is InChI=1S/C70H49N/c1-4-18-47-39-50(32-29-44(47)15-1)67-56-22-7-9-24-58(56)69(59-25-10-8-23-57(59)67)53-35-38-66-63(42-53)55-21-13-14-28-65(55)71(66)54-36-37-62-64(43-54)70(52-34-31-46-17-3-6-20-49(46)41-52)61-27-12-11-26-60(61)68(62)51-33-30-45-16-2-5-19-48(45)40-51/h1-7,9,11-14,16-28,30-31,33-44H,8,10,15,29,32H2. The van der Waals surface area contributed by atoms with Crippen molar-refractivity contribution in [3.63, 3.8) is 0 Å². The van der Waals surface area contributed by atoms with Crippen LogP contribution >= 0.6 is 0 Å². The second kappa shape index (κ2) is 16.0. The van der Waals surface area contributed by atoms with Crippen molar-refractivity contribution in [3.8, 4) is 39.1 Å². The highest BCUT2D eigenvalue weighted by Crippen LogP contribution is 2.47. The number of hydrogen-bond acceptors (Lipinski definition) is 0. The van der Waals surface area contributed by atoms with Crippen LogP contribution in [0.1, 0.15) is 37.7 Å². The fraction of sp³-hybridized carbons (Fsp3) is 0.0857. The van der Waals surface area contributed by atoms with Crippen molar-refractivity contribution in [1.29, 1.82) is 0 Å². The van der Waals surface area contributed by atoms with Crippen molar-refractivity contribution < 1.29 is 0 Å². The molecule has 12 aromatic rings. The largest absolute Gasteiger partial charge is 0.309 e. The smallest absolute Gasteiger partial charge is 0.0541 e. The summed E-state index contributed by atoms with van der Waals surface area (Å²) < 4.78 is 2.51. The van der Waals surface area contributed by atoms with Crippen molar-refractivity contribution >= 4 is 93.4 Å². The molecule has 0 bridgehead atoms. The number of allylic oxidation sites excluding steroid dienone is 6. The van der Waals surface area contributed by atoms with Crippen LogP contribution in [0.3, 0.4) is 0 Å². The average molecular weight is 904 g/mol. The van der Waals surface area contributed by atoms with Crippen molar-refractivity contribution in [1.82, 2.24) is 4.57 Å². The zero-order valence-corrected chi connectivity index (χ0v) is 39.5. The number of benzene rings is 11. The summed E-state index contributed by atoms with van der Waals surface area (Å²) in [7, 11) is 0. The maximum absolute atomic E-state index is 2.54. The van der Waals surface area contributed by atoms with E-state index in [9.17, 15) is 0 Å². The third kappa shape index (κ3) is 6.32. The molecule has 0 fully saturated rings. The first-order valence-corrected chi connectivity index (χ1v) is 25.6. The van der Waals surface area contributed by atoms with Gasteiger partial charge in [-0.05, 0) is 195 Å². The van der Waals surface area contributed by atoms with Gasteiger partial charge in [-0.25, -0.2) is 0 Å². The molecule has 71 heavy (non-hydrogen) atoms. The molecule has 11 aromatic carbocycles. The van der Waals surface area contributed by atoms with Crippen LogP contribution in [0.5, 0.6) is 0 Å². The predicted molar refractivity (Wildman–Crippen MR) is 305 cm³/mol. The third-order valence-electron chi connectivity index (χ3n) is 16.2. The first-order chi connectivity index (χ1) is 35.2. The summed E-state index contributed by atoms with van der Waals surface area (Å²) in [6, 6.07) is 73.2. The molecule has 3 aliphatic rings. The molecule has 0 spiro atoms. The van der Waals surface area contributed by atoms with E-state index in [0.29, 0.717) is 5.92 Å². The quantitative estimate of drug-likeness (QED) is 0.152. The highest BCUT2D eigenvalue weighted by atomic mass is 15.0. The van der Waals surface area contributed by atoms with Gasteiger partial charge in [0, 0.05) is 16.5 Å². The van der Waals surface area contributed by atoms with E-state index in [-0.39, 0.29) is 0 Å². The summed E-state index contributed by atoms with van der Waals surface area (Å²) in [5, 5.41) is 18.0. The molecule has 1 atom stereocenters. The van der Waals surface area contributed by atoms with E-state index in [2.05, 4.69) is 235 Å². The highest BCUT2D eigenvalue weighted by molar-refractivity contribution is 6.23. The molecule has 1 unspecified atom stereocenters. The topological polar surface area (TPSA) is 4.93 Å². The van der Waals surface area contributed by atoms with Gasteiger partial charge in [-0.15, -0.1) is 0 Å². The van der Waals surface area contributed by atoms with Crippen LogP contribution in [-0.2, 0) is 0 Å². The number of aromatic nitrogens is 1. The molecule has 1 nitrogen and oxygen atoms in total. The minimum Gasteiger partial charge on any atom is -0.309 e. The van der Waals surface area contributed by atoms with Crippen LogP contribution < -0.4 is 10.4 Å². The summed E-state index contributed by atoms with van der Waals surface area (Å²) in [5.74, 6) is 0.642. The van der Waals surface area contributed by atoms with Crippen molar-refractivity contribution in [3.05, 3.63) is 240 Å². The molecule has 0 radical (unpaired) electrons. The van der Waals surface area contributed by atoms with E-state index in [0.717, 1.165) is 31.4 Å². The fourth-order valence-electron chi connectivity index (χ4n) is 13.0. The van der Waals surface area contributed by atoms with E-state index in [4.69, 9.17) is 0 Å². The second-order valence-corrected chi connectivity index (χ2v) is 20.1. The van der Waals surface area contributed by atoms with Crippen LogP contribution in [0.2, 0.25) is 0 Å². The molecular formula is C70H49N. The van der Waals surface area contributed by atoms with Crippen LogP contribution in [0.4, 0.5) is 0 Å². The second-order valence-electron chi connectivity index (χ2n) is 20.1. The molecule has 1 heterocycles.